The molecule has 0 fully saturated rings. The highest BCUT2D eigenvalue weighted by Gasteiger charge is 2.23. The highest BCUT2D eigenvalue weighted by atomic mass is 16.5. The standard InChI is InChI=1S/C17H20N2O2/c1-19(12-13-8-10-15(18)11-9-13)17(20)16(21-2)14-6-4-3-5-7-14/h3-11,16H,12,18H2,1-2H3. The normalized spacial score (nSPS) is 11.9. The first-order valence-electron chi connectivity index (χ1n) is 6.79. The molecule has 4 heteroatoms. The number of benzene rings is 2. The van der Waals surface area contributed by atoms with Crippen molar-refractivity contribution in [2.24, 2.45) is 0 Å². The van der Waals surface area contributed by atoms with Crippen LogP contribution in [-0.4, -0.2) is 25.0 Å². The van der Waals surface area contributed by atoms with Gasteiger partial charge in [0.1, 0.15) is 0 Å². The molecule has 0 saturated carbocycles. The summed E-state index contributed by atoms with van der Waals surface area (Å²) in [6.07, 6.45) is -0.579. The van der Waals surface area contributed by atoms with Gasteiger partial charge in [0.25, 0.3) is 5.91 Å². The van der Waals surface area contributed by atoms with Crippen LogP contribution >= 0.6 is 0 Å². The molecule has 1 atom stereocenters. The zero-order valence-corrected chi connectivity index (χ0v) is 12.3. The van der Waals surface area contributed by atoms with Crippen LogP contribution in [0.15, 0.2) is 54.6 Å². The second-order valence-corrected chi connectivity index (χ2v) is 4.96. The fourth-order valence-electron chi connectivity index (χ4n) is 2.18. The number of methoxy groups -OCH3 is 1. The number of ether oxygens (including phenoxy) is 1. The summed E-state index contributed by atoms with van der Waals surface area (Å²) in [5, 5.41) is 0. The predicted molar refractivity (Wildman–Crippen MR) is 83.5 cm³/mol. The molecule has 2 aromatic carbocycles. The molecule has 0 aliphatic carbocycles. The lowest BCUT2D eigenvalue weighted by molar-refractivity contribution is -0.141. The van der Waals surface area contributed by atoms with E-state index in [9.17, 15) is 4.79 Å². The zero-order valence-electron chi connectivity index (χ0n) is 12.3. The van der Waals surface area contributed by atoms with Crippen molar-refractivity contribution in [1.29, 1.82) is 0 Å². The summed E-state index contributed by atoms with van der Waals surface area (Å²) in [6, 6.07) is 17.0. The van der Waals surface area contributed by atoms with E-state index in [1.165, 1.54) is 0 Å². The number of carbonyl (C=O) groups excluding carboxylic acids is 1. The van der Waals surface area contributed by atoms with Crippen LogP contribution in [0, 0.1) is 0 Å². The molecular weight excluding hydrogens is 264 g/mol. The summed E-state index contributed by atoms with van der Waals surface area (Å²) in [7, 11) is 3.32. The highest BCUT2D eigenvalue weighted by Crippen LogP contribution is 2.19. The van der Waals surface area contributed by atoms with Crippen molar-refractivity contribution in [3.8, 4) is 0 Å². The molecule has 2 N–H and O–H groups in total. The lowest BCUT2D eigenvalue weighted by Crippen LogP contribution is -2.32. The summed E-state index contributed by atoms with van der Waals surface area (Å²) in [4.78, 5) is 14.2. The average molecular weight is 284 g/mol. The Morgan fingerprint density at radius 3 is 2.33 bits per heavy atom. The zero-order chi connectivity index (χ0) is 15.2. The van der Waals surface area contributed by atoms with Crippen LogP contribution in [0.1, 0.15) is 17.2 Å². The van der Waals surface area contributed by atoms with Crippen LogP contribution in [0.5, 0.6) is 0 Å². The molecule has 0 bridgehead atoms. The van der Waals surface area contributed by atoms with E-state index in [0.29, 0.717) is 12.2 Å². The van der Waals surface area contributed by atoms with Gasteiger partial charge >= 0.3 is 0 Å². The van der Waals surface area contributed by atoms with Gasteiger partial charge in [0.2, 0.25) is 0 Å². The predicted octanol–water partition coefficient (Wildman–Crippen LogP) is 2.61. The molecule has 0 aromatic heterocycles. The van der Waals surface area contributed by atoms with Crippen molar-refractivity contribution in [3.05, 3.63) is 65.7 Å². The summed E-state index contributed by atoms with van der Waals surface area (Å²) < 4.78 is 5.36. The Kier molecular flexibility index (Phi) is 4.95. The van der Waals surface area contributed by atoms with Gasteiger partial charge in [0.15, 0.2) is 6.10 Å². The quantitative estimate of drug-likeness (QED) is 0.859. The van der Waals surface area contributed by atoms with Crippen LogP contribution in [0.4, 0.5) is 5.69 Å². The smallest absolute Gasteiger partial charge is 0.256 e. The van der Waals surface area contributed by atoms with E-state index in [-0.39, 0.29) is 5.91 Å². The highest BCUT2D eigenvalue weighted by molar-refractivity contribution is 5.82. The van der Waals surface area contributed by atoms with Crippen molar-refractivity contribution < 1.29 is 9.53 Å². The fraction of sp³-hybridized carbons (Fsp3) is 0.235. The number of rotatable bonds is 5. The molecule has 0 radical (unpaired) electrons. The summed E-state index contributed by atoms with van der Waals surface area (Å²) >= 11 is 0. The number of amides is 1. The van der Waals surface area contributed by atoms with Gasteiger partial charge in [-0.1, -0.05) is 42.5 Å². The van der Waals surface area contributed by atoms with Crippen LogP contribution < -0.4 is 5.73 Å². The maximum absolute atomic E-state index is 12.5. The minimum absolute atomic E-state index is 0.0690. The Morgan fingerprint density at radius 1 is 1.14 bits per heavy atom. The van der Waals surface area contributed by atoms with E-state index in [4.69, 9.17) is 10.5 Å². The number of hydrogen-bond donors (Lipinski definition) is 1. The minimum atomic E-state index is -0.579. The van der Waals surface area contributed by atoms with E-state index in [1.807, 2.05) is 54.6 Å². The van der Waals surface area contributed by atoms with Gasteiger partial charge in [-0.25, -0.2) is 0 Å². The Hall–Kier alpha value is -2.33. The number of nitrogens with zero attached hydrogens (tertiary/aromatic N) is 1. The third-order valence-corrected chi connectivity index (χ3v) is 3.34. The molecule has 2 aromatic rings. The Bertz CT molecular complexity index is 581. The number of carbonyl (C=O) groups is 1. The van der Waals surface area contributed by atoms with Crippen LogP contribution in [0.3, 0.4) is 0 Å². The fourth-order valence-corrected chi connectivity index (χ4v) is 2.18. The second-order valence-electron chi connectivity index (χ2n) is 4.96. The number of likely N-dealkylation sites (N-methyl/N-ethyl adjacent to an activating group) is 1. The SMILES string of the molecule is COC(C(=O)N(C)Cc1ccc(N)cc1)c1ccccc1. The van der Waals surface area contributed by atoms with Crippen LogP contribution in [-0.2, 0) is 16.1 Å². The van der Waals surface area contributed by atoms with Gasteiger partial charge < -0.3 is 15.4 Å². The third kappa shape index (κ3) is 3.83. The first-order chi connectivity index (χ1) is 10.1. The third-order valence-electron chi connectivity index (χ3n) is 3.34. The van der Waals surface area contributed by atoms with Crippen molar-refractivity contribution in [1.82, 2.24) is 4.90 Å². The molecule has 2 rings (SSSR count). The average Bonchev–Trinajstić information content (AvgIpc) is 2.51. The summed E-state index contributed by atoms with van der Waals surface area (Å²) in [6.45, 7) is 0.520. The van der Waals surface area contributed by atoms with Crippen molar-refractivity contribution >= 4 is 11.6 Å². The van der Waals surface area contributed by atoms with Gasteiger partial charge in [-0.3, -0.25) is 4.79 Å². The monoisotopic (exact) mass is 284 g/mol. The largest absolute Gasteiger partial charge is 0.399 e. The number of anilines is 1. The molecule has 1 amide bonds. The lowest BCUT2D eigenvalue weighted by Gasteiger charge is -2.23. The molecular formula is C17H20N2O2. The van der Waals surface area contributed by atoms with Crippen LogP contribution in [0.25, 0.3) is 0 Å². The molecule has 0 saturated heterocycles. The van der Waals surface area contributed by atoms with E-state index >= 15 is 0 Å². The Morgan fingerprint density at radius 2 is 1.76 bits per heavy atom. The molecule has 21 heavy (non-hydrogen) atoms. The number of nitrogens with two attached hydrogens (primary N) is 1. The molecule has 0 aliphatic rings. The summed E-state index contributed by atoms with van der Waals surface area (Å²) in [5.41, 5.74) is 8.26. The molecule has 0 aliphatic heterocycles. The van der Waals surface area contributed by atoms with Crippen molar-refractivity contribution in [2.75, 3.05) is 19.9 Å². The van der Waals surface area contributed by atoms with E-state index in [0.717, 1.165) is 11.1 Å². The first-order valence-corrected chi connectivity index (χ1v) is 6.79. The van der Waals surface area contributed by atoms with E-state index in [2.05, 4.69) is 0 Å². The van der Waals surface area contributed by atoms with Gasteiger partial charge in [-0.2, -0.15) is 0 Å². The van der Waals surface area contributed by atoms with Crippen LogP contribution in [0.2, 0.25) is 0 Å². The van der Waals surface area contributed by atoms with Gasteiger partial charge in [0, 0.05) is 26.4 Å². The lowest BCUT2D eigenvalue weighted by atomic mass is 10.1. The second kappa shape index (κ2) is 6.90. The topological polar surface area (TPSA) is 55.6 Å². The molecule has 4 nitrogen and oxygen atoms in total. The number of nitrogen functional groups attached to an aromatic ring is 1. The molecule has 1 unspecified atom stereocenters. The summed E-state index contributed by atoms with van der Waals surface area (Å²) in [5.74, 6) is -0.0690. The number of hydrogen-bond acceptors (Lipinski definition) is 3. The maximum atomic E-state index is 12.5. The minimum Gasteiger partial charge on any atom is -0.399 e. The van der Waals surface area contributed by atoms with Gasteiger partial charge in [-0.15, -0.1) is 0 Å². The molecule has 0 spiro atoms. The maximum Gasteiger partial charge on any atom is 0.256 e. The van der Waals surface area contributed by atoms with Crippen molar-refractivity contribution in [2.45, 2.75) is 12.6 Å². The molecule has 110 valence electrons. The Balaban J connectivity index is 2.08. The Labute approximate surface area is 125 Å². The van der Waals surface area contributed by atoms with Crippen molar-refractivity contribution in [3.63, 3.8) is 0 Å². The van der Waals surface area contributed by atoms with E-state index < -0.39 is 6.10 Å². The first kappa shape index (κ1) is 15.1. The van der Waals surface area contributed by atoms with E-state index in [1.54, 1.807) is 19.1 Å². The molecule has 0 heterocycles. The van der Waals surface area contributed by atoms with Gasteiger partial charge in [-0.05, 0) is 23.3 Å². The van der Waals surface area contributed by atoms with Gasteiger partial charge in [0.05, 0.1) is 0 Å².